The quantitative estimate of drug-likeness (QED) is 0.772. The molecule has 0 aromatic heterocycles. The molecule has 1 saturated carbocycles. The SMILES string of the molecule is c1ccc(CCCO[C@@]23CCCC[C@@]24CCN[C@@H]3Cc2ccccc24)cc1. The molecule has 0 radical (unpaired) electrons. The van der Waals surface area contributed by atoms with Crippen molar-refractivity contribution in [1.29, 1.82) is 0 Å². The summed E-state index contributed by atoms with van der Waals surface area (Å²) < 4.78 is 6.95. The van der Waals surface area contributed by atoms with E-state index in [1.807, 2.05) is 0 Å². The molecule has 27 heavy (non-hydrogen) atoms. The van der Waals surface area contributed by atoms with Gasteiger partial charge in [0.25, 0.3) is 0 Å². The Labute approximate surface area is 163 Å². The molecule has 2 aromatic carbocycles. The first-order chi connectivity index (χ1) is 13.3. The third kappa shape index (κ3) is 2.77. The van der Waals surface area contributed by atoms with Crippen molar-refractivity contribution < 1.29 is 4.74 Å². The molecule has 3 atom stereocenters. The molecule has 0 amide bonds. The van der Waals surface area contributed by atoms with E-state index < -0.39 is 0 Å². The molecule has 1 N–H and O–H groups in total. The number of hydrogen-bond acceptors (Lipinski definition) is 2. The molecule has 2 heteroatoms. The Morgan fingerprint density at radius 3 is 2.67 bits per heavy atom. The van der Waals surface area contributed by atoms with Crippen molar-refractivity contribution >= 4 is 0 Å². The molecule has 1 aliphatic heterocycles. The number of nitrogens with one attached hydrogen (secondary N) is 1. The van der Waals surface area contributed by atoms with Gasteiger partial charge in [-0.1, -0.05) is 67.4 Å². The fourth-order valence-corrected chi connectivity index (χ4v) is 6.34. The number of aryl methyl sites for hydroxylation is 1. The molecular weight excluding hydrogens is 330 g/mol. The Kier molecular flexibility index (Phi) is 4.57. The zero-order valence-corrected chi connectivity index (χ0v) is 16.3. The summed E-state index contributed by atoms with van der Waals surface area (Å²) in [5, 5.41) is 3.86. The Bertz CT molecular complexity index is 784. The van der Waals surface area contributed by atoms with Gasteiger partial charge in [-0.25, -0.2) is 0 Å². The monoisotopic (exact) mass is 361 g/mol. The summed E-state index contributed by atoms with van der Waals surface area (Å²) in [6.07, 6.45) is 9.72. The molecule has 142 valence electrons. The van der Waals surface area contributed by atoms with E-state index in [9.17, 15) is 0 Å². The van der Waals surface area contributed by atoms with Gasteiger partial charge in [0, 0.05) is 18.1 Å². The van der Waals surface area contributed by atoms with E-state index in [0.29, 0.717) is 6.04 Å². The summed E-state index contributed by atoms with van der Waals surface area (Å²) in [5.74, 6) is 0. The molecule has 3 aliphatic rings. The molecule has 2 bridgehead atoms. The Hall–Kier alpha value is -1.64. The number of hydrogen-bond donors (Lipinski definition) is 1. The summed E-state index contributed by atoms with van der Waals surface area (Å²) in [6.45, 7) is 2.01. The van der Waals surface area contributed by atoms with Crippen LogP contribution >= 0.6 is 0 Å². The van der Waals surface area contributed by atoms with Crippen LogP contribution in [0.25, 0.3) is 0 Å². The van der Waals surface area contributed by atoms with Crippen LogP contribution < -0.4 is 5.32 Å². The highest BCUT2D eigenvalue weighted by atomic mass is 16.5. The van der Waals surface area contributed by atoms with Crippen LogP contribution in [0, 0.1) is 0 Å². The summed E-state index contributed by atoms with van der Waals surface area (Å²) in [7, 11) is 0. The lowest BCUT2D eigenvalue weighted by Gasteiger charge is -2.63. The molecule has 2 aliphatic carbocycles. The number of benzene rings is 2. The molecule has 2 aromatic rings. The maximum Gasteiger partial charge on any atom is 0.0934 e. The predicted octanol–water partition coefficient (Wildman–Crippen LogP) is 4.80. The van der Waals surface area contributed by atoms with Crippen molar-refractivity contribution in [2.45, 2.75) is 68.4 Å². The summed E-state index contributed by atoms with van der Waals surface area (Å²) in [4.78, 5) is 0. The van der Waals surface area contributed by atoms with Crippen LogP contribution in [-0.2, 0) is 23.0 Å². The minimum absolute atomic E-state index is 0.00542. The van der Waals surface area contributed by atoms with Crippen LogP contribution in [0.4, 0.5) is 0 Å². The first-order valence-electron chi connectivity index (χ1n) is 10.8. The average molecular weight is 362 g/mol. The van der Waals surface area contributed by atoms with Crippen LogP contribution in [-0.4, -0.2) is 24.8 Å². The third-order valence-electron chi connectivity index (χ3n) is 7.49. The van der Waals surface area contributed by atoms with Gasteiger partial charge < -0.3 is 10.1 Å². The van der Waals surface area contributed by atoms with Gasteiger partial charge in [0.15, 0.2) is 0 Å². The van der Waals surface area contributed by atoms with E-state index in [4.69, 9.17) is 4.74 Å². The molecular formula is C25H31NO. The van der Waals surface area contributed by atoms with E-state index in [1.165, 1.54) is 37.7 Å². The van der Waals surface area contributed by atoms with Gasteiger partial charge in [-0.3, -0.25) is 0 Å². The number of ether oxygens (including phenoxy) is 1. The maximum atomic E-state index is 6.95. The highest BCUT2D eigenvalue weighted by Gasteiger charge is 2.62. The van der Waals surface area contributed by atoms with Crippen LogP contribution in [0.1, 0.15) is 55.2 Å². The smallest absolute Gasteiger partial charge is 0.0934 e. The summed E-state index contributed by atoms with van der Waals surface area (Å²) in [5.41, 5.74) is 4.80. The zero-order valence-electron chi connectivity index (χ0n) is 16.3. The second-order valence-corrected chi connectivity index (χ2v) is 8.73. The van der Waals surface area contributed by atoms with Gasteiger partial charge in [0.05, 0.1) is 5.60 Å². The lowest BCUT2D eigenvalue weighted by Crippen LogP contribution is -2.72. The molecule has 2 fully saturated rings. The van der Waals surface area contributed by atoms with E-state index >= 15 is 0 Å². The van der Waals surface area contributed by atoms with E-state index in [0.717, 1.165) is 32.4 Å². The second kappa shape index (κ2) is 7.07. The molecule has 2 nitrogen and oxygen atoms in total. The molecule has 0 unspecified atom stereocenters. The largest absolute Gasteiger partial charge is 0.372 e. The predicted molar refractivity (Wildman–Crippen MR) is 110 cm³/mol. The van der Waals surface area contributed by atoms with Gasteiger partial charge in [0.2, 0.25) is 0 Å². The number of piperidine rings is 1. The van der Waals surface area contributed by atoms with Gasteiger partial charge in [-0.05, 0) is 61.8 Å². The van der Waals surface area contributed by atoms with Crippen molar-refractivity contribution in [2.24, 2.45) is 0 Å². The number of rotatable bonds is 5. The van der Waals surface area contributed by atoms with Crippen molar-refractivity contribution in [3.8, 4) is 0 Å². The normalized spacial score (nSPS) is 31.8. The van der Waals surface area contributed by atoms with Crippen LogP contribution in [0.3, 0.4) is 0 Å². The average Bonchev–Trinajstić information content (AvgIpc) is 2.72. The highest BCUT2D eigenvalue weighted by Crippen LogP contribution is 2.57. The van der Waals surface area contributed by atoms with Gasteiger partial charge in [-0.2, -0.15) is 0 Å². The first-order valence-corrected chi connectivity index (χ1v) is 10.8. The Morgan fingerprint density at radius 1 is 0.926 bits per heavy atom. The molecule has 1 heterocycles. The fraction of sp³-hybridized carbons (Fsp3) is 0.520. The number of fused-ring (bicyclic) bond motifs is 1. The van der Waals surface area contributed by atoms with Gasteiger partial charge in [-0.15, -0.1) is 0 Å². The highest BCUT2D eigenvalue weighted by molar-refractivity contribution is 5.45. The van der Waals surface area contributed by atoms with E-state index in [2.05, 4.69) is 59.9 Å². The topological polar surface area (TPSA) is 21.3 Å². The zero-order chi connectivity index (χ0) is 18.2. The van der Waals surface area contributed by atoms with Gasteiger partial charge in [0.1, 0.15) is 0 Å². The van der Waals surface area contributed by atoms with Crippen LogP contribution in [0.15, 0.2) is 54.6 Å². The lowest BCUT2D eigenvalue weighted by molar-refractivity contribution is -0.168. The first kappa shape index (κ1) is 17.5. The lowest BCUT2D eigenvalue weighted by atomic mass is 9.50. The van der Waals surface area contributed by atoms with Crippen molar-refractivity contribution in [3.63, 3.8) is 0 Å². The van der Waals surface area contributed by atoms with Crippen molar-refractivity contribution in [3.05, 3.63) is 71.3 Å². The van der Waals surface area contributed by atoms with Crippen molar-refractivity contribution in [1.82, 2.24) is 5.32 Å². The summed E-state index contributed by atoms with van der Waals surface area (Å²) >= 11 is 0. The minimum Gasteiger partial charge on any atom is -0.372 e. The molecule has 1 saturated heterocycles. The fourth-order valence-electron chi connectivity index (χ4n) is 6.34. The minimum atomic E-state index is -0.00542. The maximum absolute atomic E-state index is 6.95. The Balaban J connectivity index is 1.40. The van der Waals surface area contributed by atoms with E-state index in [1.54, 1.807) is 11.1 Å². The third-order valence-corrected chi connectivity index (χ3v) is 7.49. The molecule has 5 rings (SSSR count). The van der Waals surface area contributed by atoms with Crippen molar-refractivity contribution in [2.75, 3.05) is 13.2 Å². The summed E-state index contributed by atoms with van der Waals surface area (Å²) in [6, 6.07) is 20.5. The van der Waals surface area contributed by atoms with Crippen LogP contribution in [0.2, 0.25) is 0 Å². The molecule has 0 spiro atoms. The van der Waals surface area contributed by atoms with E-state index in [-0.39, 0.29) is 11.0 Å². The standard InChI is InChI=1S/C25H31NO/c1-2-9-20(10-3-1)11-8-18-27-25-15-7-6-14-24(25)16-17-26-23(25)19-21-12-4-5-13-22(21)24/h1-5,9-10,12-13,23,26H,6-8,11,14-19H2/t23-,24+,25-/m1/s1. The van der Waals surface area contributed by atoms with Crippen LogP contribution in [0.5, 0.6) is 0 Å². The second-order valence-electron chi connectivity index (χ2n) is 8.73. The van der Waals surface area contributed by atoms with Gasteiger partial charge >= 0.3 is 0 Å². The Morgan fingerprint density at radius 2 is 1.74 bits per heavy atom.